The van der Waals surface area contributed by atoms with Crippen molar-refractivity contribution in [2.24, 2.45) is 0 Å². The van der Waals surface area contributed by atoms with Crippen LogP contribution in [0.3, 0.4) is 0 Å². The van der Waals surface area contributed by atoms with Crippen molar-refractivity contribution in [3.8, 4) is 0 Å². The fraction of sp³-hybridized carbons (Fsp3) is 0. The normalized spacial score (nSPS) is 1.79. The molecule has 48 valence electrons. The zero-order valence-corrected chi connectivity index (χ0v) is 12.1. The molecule has 0 aliphatic rings. The zero-order valence-electron chi connectivity index (χ0n) is 9.90. The molecule has 0 aliphatic heterocycles. The molecule has 0 aliphatic carbocycles. The van der Waals surface area contributed by atoms with Crippen LogP contribution in [0, 0.1) is 0 Å². The van der Waals surface area contributed by atoms with Crippen LogP contribution in [0.25, 0.3) is 0 Å². The van der Waals surface area contributed by atoms with Crippen molar-refractivity contribution in [1.82, 2.24) is 0 Å². The summed E-state index contributed by atoms with van der Waals surface area (Å²) in [6, 6.07) is 0. The summed E-state index contributed by atoms with van der Waals surface area (Å²) in [6.07, 6.45) is 0. The molecule has 0 heterocycles. The third-order valence-corrected chi connectivity index (χ3v) is 0. The first-order valence-electron chi connectivity index (χ1n) is 0.548. The van der Waals surface area contributed by atoms with Gasteiger partial charge in [-0.1, -0.05) is 0 Å². The van der Waals surface area contributed by atoms with Gasteiger partial charge >= 0.3 is 161 Å². The van der Waals surface area contributed by atoms with Gasteiger partial charge in [0.2, 0.25) is 0 Å². The van der Waals surface area contributed by atoms with Crippen LogP contribution < -0.4 is 136 Å². The van der Waals surface area contributed by atoms with Gasteiger partial charge in [0.25, 0.3) is 0 Å². The third kappa shape index (κ3) is 203. The van der Waals surface area contributed by atoms with E-state index < -0.39 is 18.8 Å². The first-order valence-corrected chi connectivity index (χ1v) is 3.24. The van der Waals surface area contributed by atoms with Gasteiger partial charge in [-0.25, -0.2) is 0 Å². The summed E-state index contributed by atoms with van der Waals surface area (Å²) >= 11 is -4.20. The second kappa shape index (κ2) is 85.8. The van der Waals surface area contributed by atoms with E-state index in [1.807, 2.05) is 0 Å². The van der Waals surface area contributed by atoms with E-state index in [2.05, 4.69) is 0 Å². The van der Waals surface area contributed by atoms with Gasteiger partial charge in [0.15, 0.2) is 0 Å². The Balaban J connectivity index is -0.000000001000. The molecule has 0 amide bonds. The Morgan fingerprint density at radius 3 is 0.571 bits per heavy atom. The number of rotatable bonds is 0. The van der Waals surface area contributed by atoms with E-state index in [1.54, 1.807) is 0 Å². The van der Waals surface area contributed by atoms with Crippen molar-refractivity contribution >= 4 is 0 Å². The summed E-state index contributed by atoms with van der Waals surface area (Å²) in [6.45, 7) is 0. The monoisotopic (exact) mass is 238 g/mol. The van der Waals surface area contributed by atoms with Gasteiger partial charge in [-0.2, -0.15) is 0 Å². The van der Waals surface area contributed by atoms with Crippen LogP contribution >= 0.6 is 0 Å². The summed E-state index contributed by atoms with van der Waals surface area (Å²) in [5, 5.41) is 0. The van der Waals surface area contributed by atoms with Crippen molar-refractivity contribution in [3.05, 3.63) is 0 Å². The maximum absolute atomic E-state index is 8.60. The molecule has 0 saturated heterocycles. The van der Waals surface area contributed by atoms with Crippen molar-refractivity contribution in [1.29, 1.82) is 0 Å². The Bertz CT molecular complexity index is 66.6. The van der Waals surface area contributed by atoms with Crippen LogP contribution in [0.1, 0.15) is 0 Å². The van der Waals surface area contributed by atoms with E-state index in [4.69, 9.17) is 10.1 Å². The molecule has 0 radical (unpaired) electrons. The molecule has 0 saturated carbocycles. The minimum atomic E-state index is -4.20. The first-order chi connectivity index (χ1) is 1.73. The minimum absolute atomic E-state index is 0. The van der Waals surface area contributed by atoms with E-state index in [0.717, 1.165) is 0 Å². The van der Waals surface area contributed by atoms with Crippen molar-refractivity contribution in [3.63, 3.8) is 0 Å². The van der Waals surface area contributed by atoms with Gasteiger partial charge < -0.3 is 16.4 Å². The van der Waals surface area contributed by atoms with Crippen LogP contribution in [0.2, 0.25) is 0 Å². The van der Waals surface area contributed by atoms with Gasteiger partial charge in [-0.3, -0.25) is 0 Å². The molecule has 0 aromatic carbocycles. The quantitative estimate of drug-likeness (QED) is 0.386. The number of hydrogen-bond acceptors (Lipinski definition) is 3. The molecule has 0 N–H and O–H groups in total. The van der Waals surface area contributed by atoms with E-state index in [9.17, 15) is 0 Å². The Morgan fingerprint density at radius 2 is 0.571 bits per heavy atom. The molecule has 0 bridgehead atoms. The van der Waals surface area contributed by atoms with Crippen LogP contribution in [-0.4, -0.2) is 0 Å². The molecule has 6 nitrogen and oxygen atoms in total. The molecule has 0 rings (SSSR count). The van der Waals surface area contributed by atoms with Crippen molar-refractivity contribution < 1.29 is 177 Å². The molecule has 0 unspecified atom stereocenters. The number of hydrogen-bond donors (Lipinski definition) is 0. The van der Waals surface area contributed by atoms with Gasteiger partial charge in [0.1, 0.15) is 0 Å². The zero-order chi connectivity index (χ0) is 3.58. The third-order valence-electron chi connectivity index (χ3n) is 0. The van der Waals surface area contributed by atoms with Crippen LogP contribution in [0.15, 0.2) is 0 Å². The van der Waals surface area contributed by atoms with Gasteiger partial charge in [-0.15, -0.1) is 0 Å². The topological polar surface area (TPSA) is 143 Å². The second-order valence-electron chi connectivity index (χ2n) is 0.224. The maximum atomic E-state index is 8.60. The average molecular weight is 237 g/mol. The van der Waals surface area contributed by atoms with Crippen LogP contribution in [0.4, 0.5) is 0 Å². The van der Waals surface area contributed by atoms with E-state index in [-0.39, 0.29) is 148 Å². The van der Waals surface area contributed by atoms with Crippen LogP contribution in [0.5, 0.6) is 0 Å². The molecule has 0 spiro atoms. The Labute approximate surface area is 174 Å². The fourth-order valence-corrected chi connectivity index (χ4v) is 0. The van der Waals surface area contributed by atoms with E-state index >= 15 is 0 Å². The predicted octanol–water partition coefficient (Wildman–Crippen LogP) is -22.8. The molecule has 0 aromatic rings. The van der Waals surface area contributed by atoms with E-state index in [0.29, 0.717) is 0 Å². The summed E-state index contributed by atoms with van der Waals surface area (Å²) in [4.78, 5) is 0. The van der Waals surface area contributed by atoms with Crippen LogP contribution in [-0.2, 0) is 41.7 Å². The standard InChI is InChI=1S/7Li.Nb.6O/q7*+1;;;;3*-2;-1. The summed E-state index contributed by atoms with van der Waals surface area (Å²) in [7, 11) is 0. The Kier molecular flexibility index (Phi) is 626. The van der Waals surface area contributed by atoms with Gasteiger partial charge in [0, 0.05) is 0 Å². The van der Waals surface area contributed by atoms with Crippen molar-refractivity contribution in [2.45, 2.75) is 0 Å². The van der Waals surface area contributed by atoms with Gasteiger partial charge in [-0.05, 0) is 0 Å². The van der Waals surface area contributed by atoms with E-state index in [1.165, 1.54) is 0 Å². The molecule has 0 atom stereocenters. The Morgan fingerprint density at radius 1 is 0.571 bits per heavy atom. The van der Waals surface area contributed by atoms with Gasteiger partial charge in [0.05, 0.1) is 0 Å². The molecule has 0 fully saturated rings. The first kappa shape index (κ1) is 102. The summed E-state index contributed by atoms with van der Waals surface area (Å²) in [5.41, 5.74) is 0. The Hall–Kier alpha value is 4.36. The van der Waals surface area contributed by atoms with Crippen molar-refractivity contribution in [2.75, 3.05) is 0 Å². The SMILES string of the molecule is [Li+].[Li+].[Li+].[Li+].[Li+].[Li+].[Li+].[O-2].[O-2].[O-2].[O]=[Nb](=[O])[O-]. The average Bonchev–Trinajstić information content (AvgIpc) is 0.811. The summed E-state index contributed by atoms with van der Waals surface area (Å²) in [5.74, 6) is 0. The summed E-state index contributed by atoms with van der Waals surface area (Å²) < 4.78 is 25.8. The predicted molar refractivity (Wildman–Crippen MR) is 3.43 cm³/mol. The molecule has 14 heteroatoms. The molecular weight excluding hydrogens is 237 g/mol. The second-order valence-corrected chi connectivity index (χ2v) is 1.32. The molecular formula is Li7NbO6. The fourth-order valence-electron chi connectivity index (χ4n) is 0. The molecule has 0 aromatic heterocycles. The molecule has 14 heavy (non-hydrogen) atoms.